The van der Waals surface area contributed by atoms with Crippen LogP contribution in [0.3, 0.4) is 0 Å². The summed E-state index contributed by atoms with van der Waals surface area (Å²) in [5, 5.41) is 6.46. The summed E-state index contributed by atoms with van der Waals surface area (Å²) in [6.07, 6.45) is -3.17. The van der Waals surface area contributed by atoms with Crippen molar-refractivity contribution in [3.8, 4) is 0 Å². The number of aryl methyl sites for hydroxylation is 1. The van der Waals surface area contributed by atoms with Crippen molar-refractivity contribution in [2.75, 3.05) is 16.4 Å². The van der Waals surface area contributed by atoms with Crippen molar-refractivity contribution in [1.29, 1.82) is 0 Å². The quantitative estimate of drug-likeness (QED) is 0.408. The molecule has 0 aliphatic rings. The fraction of sp³-hybridized carbons (Fsp3) is 0.105. The Morgan fingerprint density at radius 2 is 1.76 bits per heavy atom. The Hall–Kier alpha value is -3.40. The van der Waals surface area contributed by atoms with Crippen molar-refractivity contribution in [3.63, 3.8) is 0 Å². The SMILES string of the molecule is Cc1ccc2nc(Nc3ncnc(Nc4cccc(C(F)(F)F)c4)c3N)sc2c1. The Kier molecular flexibility index (Phi) is 4.71. The Morgan fingerprint density at radius 3 is 2.52 bits per heavy atom. The molecule has 0 spiro atoms. The summed E-state index contributed by atoms with van der Waals surface area (Å²) < 4.78 is 39.7. The highest BCUT2D eigenvalue weighted by Gasteiger charge is 2.30. The van der Waals surface area contributed by atoms with E-state index in [2.05, 4.69) is 25.6 Å². The molecule has 0 atom stereocenters. The van der Waals surface area contributed by atoms with E-state index in [9.17, 15) is 13.2 Å². The molecule has 0 radical (unpaired) electrons. The number of hydrogen-bond acceptors (Lipinski definition) is 7. The average molecular weight is 416 g/mol. The number of benzene rings is 2. The Balaban J connectivity index is 1.60. The molecule has 0 fully saturated rings. The van der Waals surface area contributed by atoms with Gasteiger partial charge in [-0.1, -0.05) is 23.5 Å². The van der Waals surface area contributed by atoms with Gasteiger partial charge < -0.3 is 16.4 Å². The molecule has 148 valence electrons. The van der Waals surface area contributed by atoms with Crippen LogP contribution in [0.1, 0.15) is 11.1 Å². The summed E-state index contributed by atoms with van der Waals surface area (Å²) in [6.45, 7) is 2.00. The normalized spacial score (nSPS) is 11.6. The number of nitrogens with two attached hydrogens (primary N) is 1. The Labute approximate surface area is 167 Å². The fourth-order valence-electron chi connectivity index (χ4n) is 2.69. The van der Waals surface area contributed by atoms with Crippen LogP contribution < -0.4 is 16.4 Å². The van der Waals surface area contributed by atoms with Crippen molar-refractivity contribution in [3.05, 3.63) is 59.9 Å². The van der Waals surface area contributed by atoms with E-state index in [1.165, 1.54) is 29.8 Å². The molecule has 0 aliphatic carbocycles. The number of anilines is 5. The predicted octanol–water partition coefficient (Wildman–Crippen LogP) is 5.48. The zero-order valence-corrected chi connectivity index (χ0v) is 15.9. The average Bonchev–Trinajstić information content (AvgIpc) is 3.06. The van der Waals surface area contributed by atoms with Gasteiger partial charge in [0.25, 0.3) is 0 Å². The first-order valence-corrected chi connectivity index (χ1v) is 9.30. The van der Waals surface area contributed by atoms with E-state index in [1.807, 2.05) is 25.1 Å². The van der Waals surface area contributed by atoms with E-state index in [1.54, 1.807) is 0 Å². The molecule has 0 saturated heterocycles. The van der Waals surface area contributed by atoms with E-state index in [0.717, 1.165) is 27.9 Å². The summed E-state index contributed by atoms with van der Waals surface area (Å²) >= 11 is 1.45. The van der Waals surface area contributed by atoms with E-state index < -0.39 is 11.7 Å². The molecule has 2 heterocycles. The Bertz CT molecular complexity index is 1190. The van der Waals surface area contributed by atoms with Crippen LogP contribution in [0.4, 0.5) is 41.3 Å². The zero-order chi connectivity index (χ0) is 20.6. The molecule has 10 heteroatoms. The lowest BCUT2D eigenvalue weighted by atomic mass is 10.2. The van der Waals surface area contributed by atoms with Crippen LogP contribution in [-0.2, 0) is 6.18 Å². The van der Waals surface area contributed by atoms with Crippen molar-refractivity contribution < 1.29 is 13.2 Å². The molecule has 0 saturated carbocycles. The molecule has 2 aromatic heterocycles. The highest BCUT2D eigenvalue weighted by atomic mass is 32.1. The second-order valence-corrected chi connectivity index (χ2v) is 7.33. The summed E-state index contributed by atoms with van der Waals surface area (Å²) in [6, 6.07) is 10.7. The number of alkyl halides is 3. The topological polar surface area (TPSA) is 88.8 Å². The third-order valence-corrected chi connectivity index (χ3v) is 5.04. The van der Waals surface area contributed by atoms with Crippen LogP contribution in [0, 0.1) is 6.92 Å². The largest absolute Gasteiger partial charge is 0.416 e. The van der Waals surface area contributed by atoms with Gasteiger partial charge in [0.05, 0.1) is 15.8 Å². The summed E-state index contributed by atoms with van der Waals surface area (Å²) in [7, 11) is 0. The summed E-state index contributed by atoms with van der Waals surface area (Å²) in [5.74, 6) is 0.504. The van der Waals surface area contributed by atoms with Crippen LogP contribution in [0.5, 0.6) is 0 Å². The minimum absolute atomic E-state index is 0.167. The number of thiazole rings is 1. The Morgan fingerprint density at radius 1 is 1.00 bits per heavy atom. The van der Waals surface area contributed by atoms with E-state index >= 15 is 0 Å². The lowest BCUT2D eigenvalue weighted by molar-refractivity contribution is -0.137. The highest BCUT2D eigenvalue weighted by Crippen LogP contribution is 2.34. The molecule has 4 N–H and O–H groups in total. The number of nitrogen functional groups attached to an aromatic ring is 1. The maximum atomic E-state index is 12.9. The van der Waals surface area contributed by atoms with Gasteiger partial charge in [0.15, 0.2) is 16.8 Å². The molecule has 0 unspecified atom stereocenters. The minimum Gasteiger partial charge on any atom is -0.393 e. The van der Waals surface area contributed by atoms with Crippen molar-refractivity contribution in [2.24, 2.45) is 0 Å². The molecule has 0 aliphatic heterocycles. The second kappa shape index (κ2) is 7.21. The van der Waals surface area contributed by atoms with Crippen LogP contribution in [0.15, 0.2) is 48.8 Å². The van der Waals surface area contributed by atoms with Gasteiger partial charge in [-0.05, 0) is 42.8 Å². The van der Waals surface area contributed by atoms with Crippen LogP contribution in [0.25, 0.3) is 10.2 Å². The van der Waals surface area contributed by atoms with Gasteiger partial charge in [-0.15, -0.1) is 0 Å². The van der Waals surface area contributed by atoms with Crippen LogP contribution in [-0.4, -0.2) is 15.0 Å². The maximum absolute atomic E-state index is 12.9. The number of hydrogen-bond donors (Lipinski definition) is 3. The number of rotatable bonds is 4. The van der Waals surface area contributed by atoms with Crippen LogP contribution >= 0.6 is 11.3 Å². The molecule has 0 amide bonds. The van der Waals surface area contributed by atoms with Gasteiger partial charge in [0, 0.05) is 5.69 Å². The van der Waals surface area contributed by atoms with Gasteiger partial charge in [-0.25, -0.2) is 15.0 Å². The minimum atomic E-state index is -4.44. The lowest BCUT2D eigenvalue weighted by Gasteiger charge is -2.13. The molecule has 6 nitrogen and oxygen atoms in total. The number of fused-ring (bicyclic) bond motifs is 1. The van der Waals surface area contributed by atoms with Crippen LogP contribution in [0.2, 0.25) is 0 Å². The molecular weight excluding hydrogens is 401 g/mol. The standard InChI is InChI=1S/C19H15F3N6S/c1-10-5-6-13-14(7-10)29-18(27-13)28-17-15(23)16(24-9-25-17)26-12-4-2-3-11(8-12)19(20,21)22/h2-9H,23H2,1H3,(H2,24,25,26,27,28). The highest BCUT2D eigenvalue weighted by molar-refractivity contribution is 7.22. The van der Waals surface area contributed by atoms with Gasteiger partial charge in [0.2, 0.25) is 0 Å². The molecule has 4 aromatic rings. The summed E-state index contributed by atoms with van der Waals surface area (Å²) in [4.78, 5) is 12.6. The van der Waals surface area contributed by atoms with Gasteiger partial charge in [-0.3, -0.25) is 0 Å². The molecular formula is C19H15F3N6S. The van der Waals surface area contributed by atoms with Gasteiger partial charge in [0.1, 0.15) is 12.0 Å². The monoisotopic (exact) mass is 416 g/mol. The fourth-order valence-corrected chi connectivity index (χ4v) is 3.65. The van der Waals surface area contributed by atoms with Crippen molar-refractivity contribution in [2.45, 2.75) is 13.1 Å². The lowest BCUT2D eigenvalue weighted by Crippen LogP contribution is -2.07. The van der Waals surface area contributed by atoms with E-state index in [0.29, 0.717) is 10.9 Å². The number of nitrogens with zero attached hydrogens (tertiary/aromatic N) is 3. The van der Waals surface area contributed by atoms with Gasteiger partial charge >= 0.3 is 6.18 Å². The molecule has 4 rings (SSSR count). The van der Waals surface area contributed by atoms with Crippen molar-refractivity contribution >= 4 is 49.7 Å². The first kappa shape index (κ1) is 18.9. The predicted molar refractivity (Wildman–Crippen MR) is 109 cm³/mol. The third kappa shape index (κ3) is 4.06. The van der Waals surface area contributed by atoms with Crippen molar-refractivity contribution in [1.82, 2.24) is 15.0 Å². The van der Waals surface area contributed by atoms with E-state index in [-0.39, 0.29) is 17.2 Å². The number of halogens is 3. The number of aromatic nitrogens is 3. The zero-order valence-electron chi connectivity index (χ0n) is 15.1. The first-order valence-electron chi connectivity index (χ1n) is 8.48. The summed E-state index contributed by atoms with van der Waals surface area (Å²) in [5.41, 5.74) is 7.71. The van der Waals surface area contributed by atoms with Gasteiger partial charge in [-0.2, -0.15) is 13.2 Å². The molecule has 29 heavy (non-hydrogen) atoms. The molecule has 2 aromatic carbocycles. The van der Waals surface area contributed by atoms with E-state index in [4.69, 9.17) is 5.73 Å². The maximum Gasteiger partial charge on any atom is 0.416 e. The second-order valence-electron chi connectivity index (χ2n) is 6.30. The molecule has 0 bridgehead atoms. The number of nitrogens with one attached hydrogen (secondary N) is 2. The third-order valence-electron chi connectivity index (χ3n) is 4.11. The first-order chi connectivity index (χ1) is 13.8. The smallest absolute Gasteiger partial charge is 0.393 e.